The molecule has 1 aromatic rings. The molecule has 0 amide bonds. The van der Waals surface area contributed by atoms with Crippen LogP contribution in [0.2, 0.25) is 0 Å². The molecule has 16 heavy (non-hydrogen) atoms. The Bertz CT molecular complexity index is 314. The molecule has 0 bridgehead atoms. The summed E-state index contributed by atoms with van der Waals surface area (Å²) in [5, 5.41) is 0. The van der Waals surface area contributed by atoms with Crippen molar-refractivity contribution in [3.05, 3.63) is 29.8 Å². The highest BCUT2D eigenvalue weighted by Crippen LogP contribution is 2.31. The lowest BCUT2D eigenvalue weighted by Crippen LogP contribution is -2.25. The van der Waals surface area contributed by atoms with Gasteiger partial charge >= 0.3 is 0 Å². The van der Waals surface area contributed by atoms with Gasteiger partial charge in [0.1, 0.15) is 0 Å². The summed E-state index contributed by atoms with van der Waals surface area (Å²) in [4.78, 5) is 2.48. The second-order valence-corrected chi connectivity index (χ2v) is 4.69. The Hall–Kier alpha value is -1.02. The summed E-state index contributed by atoms with van der Waals surface area (Å²) in [7, 11) is 0. The Morgan fingerprint density at radius 1 is 1.25 bits per heavy atom. The van der Waals surface area contributed by atoms with Gasteiger partial charge < -0.3 is 10.6 Å². The maximum Gasteiger partial charge on any atom is 0.0366 e. The largest absolute Gasteiger partial charge is 0.372 e. The number of benzene rings is 1. The normalized spacial score (nSPS) is 15.1. The van der Waals surface area contributed by atoms with Gasteiger partial charge in [0.15, 0.2) is 0 Å². The standard InChI is InChI=1S/C14H22N2/c1-2-16(11-13-3-4-13)14-7-5-12(6-8-14)9-10-15/h5-8,13H,2-4,9-11,15H2,1H3. The molecule has 0 aliphatic heterocycles. The molecule has 1 saturated carbocycles. The van der Waals surface area contributed by atoms with Crippen molar-refractivity contribution >= 4 is 5.69 Å². The van der Waals surface area contributed by atoms with E-state index in [4.69, 9.17) is 5.73 Å². The molecule has 1 aliphatic carbocycles. The Labute approximate surface area is 98.4 Å². The molecule has 0 saturated heterocycles. The van der Waals surface area contributed by atoms with Crippen LogP contribution in [0.15, 0.2) is 24.3 Å². The molecule has 0 radical (unpaired) electrons. The topological polar surface area (TPSA) is 29.3 Å². The van der Waals surface area contributed by atoms with Crippen LogP contribution in [0.5, 0.6) is 0 Å². The zero-order chi connectivity index (χ0) is 11.4. The quantitative estimate of drug-likeness (QED) is 0.794. The van der Waals surface area contributed by atoms with Crippen molar-refractivity contribution in [2.24, 2.45) is 11.7 Å². The van der Waals surface area contributed by atoms with Gasteiger partial charge in [-0.15, -0.1) is 0 Å². The van der Waals surface area contributed by atoms with Crippen molar-refractivity contribution in [3.63, 3.8) is 0 Å². The smallest absolute Gasteiger partial charge is 0.0366 e. The first-order valence-electron chi connectivity index (χ1n) is 6.37. The minimum Gasteiger partial charge on any atom is -0.372 e. The van der Waals surface area contributed by atoms with Crippen molar-refractivity contribution in [1.29, 1.82) is 0 Å². The van der Waals surface area contributed by atoms with Crippen LogP contribution >= 0.6 is 0 Å². The SMILES string of the molecule is CCN(CC1CC1)c1ccc(CCN)cc1. The number of nitrogens with two attached hydrogens (primary N) is 1. The molecule has 0 spiro atoms. The molecule has 0 aromatic heterocycles. The minimum absolute atomic E-state index is 0.735. The van der Waals surface area contributed by atoms with E-state index in [0.717, 1.165) is 25.4 Å². The highest BCUT2D eigenvalue weighted by Gasteiger charge is 2.23. The number of rotatable bonds is 6. The predicted molar refractivity (Wildman–Crippen MR) is 69.8 cm³/mol. The van der Waals surface area contributed by atoms with E-state index < -0.39 is 0 Å². The lowest BCUT2D eigenvalue weighted by atomic mass is 10.1. The molecule has 0 unspecified atom stereocenters. The van der Waals surface area contributed by atoms with E-state index in [1.54, 1.807) is 0 Å². The van der Waals surface area contributed by atoms with E-state index in [2.05, 4.69) is 36.1 Å². The maximum atomic E-state index is 5.55. The second-order valence-electron chi connectivity index (χ2n) is 4.69. The van der Waals surface area contributed by atoms with Gasteiger partial charge in [0.2, 0.25) is 0 Å². The number of hydrogen-bond donors (Lipinski definition) is 1. The van der Waals surface area contributed by atoms with Crippen LogP contribution in [0.3, 0.4) is 0 Å². The van der Waals surface area contributed by atoms with E-state index in [0.29, 0.717) is 0 Å². The van der Waals surface area contributed by atoms with Crippen LogP contribution in [0, 0.1) is 5.92 Å². The monoisotopic (exact) mass is 218 g/mol. The van der Waals surface area contributed by atoms with Gasteiger partial charge in [-0.2, -0.15) is 0 Å². The van der Waals surface area contributed by atoms with E-state index >= 15 is 0 Å². The van der Waals surface area contributed by atoms with Gasteiger partial charge in [0, 0.05) is 18.8 Å². The van der Waals surface area contributed by atoms with Gasteiger partial charge in [-0.1, -0.05) is 12.1 Å². The highest BCUT2D eigenvalue weighted by molar-refractivity contribution is 5.47. The Balaban J connectivity index is 1.99. The van der Waals surface area contributed by atoms with E-state index in [1.807, 2.05) is 0 Å². The molecule has 1 aromatic carbocycles. The van der Waals surface area contributed by atoms with E-state index in [9.17, 15) is 0 Å². The Morgan fingerprint density at radius 2 is 1.94 bits per heavy atom. The summed E-state index contributed by atoms with van der Waals surface area (Å²) in [6, 6.07) is 8.88. The molecule has 1 aliphatic rings. The fourth-order valence-corrected chi connectivity index (χ4v) is 2.07. The number of anilines is 1. The third kappa shape index (κ3) is 2.99. The van der Waals surface area contributed by atoms with Gasteiger partial charge in [-0.25, -0.2) is 0 Å². The van der Waals surface area contributed by atoms with Crippen LogP contribution in [-0.4, -0.2) is 19.6 Å². The summed E-state index contributed by atoms with van der Waals surface area (Å²) in [6.45, 7) is 5.30. The fourth-order valence-electron chi connectivity index (χ4n) is 2.07. The zero-order valence-corrected chi connectivity index (χ0v) is 10.2. The molecule has 2 nitrogen and oxygen atoms in total. The average molecular weight is 218 g/mol. The summed E-state index contributed by atoms with van der Waals surface area (Å²) < 4.78 is 0. The molecular weight excluding hydrogens is 196 g/mol. The van der Waals surface area contributed by atoms with Gasteiger partial charge in [-0.05, 0) is 56.3 Å². The summed E-state index contributed by atoms with van der Waals surface area (Å²) in [5.41, 5.74) is 8.25. The first-order chi connectivity index (χ1) is 7.83. The van der Waals surface area contributed by atoms with E-state index in [1.165, 1.54) is 30.6 Å². The molecule has 2 heteroatoms. The fraction of sp³-hybridized carbons (Fsp3) is 0.571. The maximum absolute atomic E-state index is 5.55. The third-order valence-corrected chi connectivity index (χ3v) is 3.29. The Morgan fingerprint density at radius 3 is 2.44 bits per heavy atom. The van der Waals surface area contributed by atoms with Crippen molar-refractivity contribution in [3.8, 4) is 0 Å². The van der Waals surface area contributed by atoms with Crippen molar-refractivity contribution in [2.45, 2.75) is 26.2 Å². The van der Waals surface area contributed by atoms with Gasteiger partial charge in [0.25, 0.3) is 0 Å². The van der Waals surface area contributed by atoms with Crippen LogP contribution in [0.1, 0.15) is 25.3 Å². The highest BCUT2D eigenvalue weighted by atomic mass is 15.1. The lowest BCUT2D eigenvalue weighted by molar-refractivity contribution is 0.742. The molecule has 0 atom stereocenters. The lowest BCUT2D eigenvalue weighted by Gasteiger charge is -2.23. The molecule has 2 rings (SSSR count). The number of nitrogens with zero attached hydrogens (tertiary/aromatic N) is 1. The van der Waals surface area contributed by atoms with Gasteiger partial charge in [-0.3, -0.25) is 0 Å². The average Bonchev–Trinajstić information content (AvgIpc) is 3.11. The predicted octanol–water partition coefficient (Wildman–Crippen LogP) is 2.42. The summed E-state index contributed by atoms with van der Waals surface area (Å²) >= 11 is 0. The van der Waals surface area contributed by atoms with Crippen LogP contribution in [0.4, 0.5) is 5.69 Å². The van der Waals surface area contributed by atoms with Crippen molar-refractivity contribution < 1.29 is 0 Å². The minimum atomic E-state index is 0.735. The number of hydrogen-bond acceptors (Lipinski definition) is 2. The first-order valence-corrected chi connectivity index (χ1v) is 6.37. The van der Waals surface area contributed by atoms with Gasteiger partial charge in [0.05, 0.1) is 0 Å². The van der Waals surface area contributed by atoms with Crippen molar-refractivity contribution in [2.75, 3.05) is 24.5 Å². The summed E-state index contributed by atoms with van der Waals surface area (Å²) in [5.74, 6) is 0.948. The summed E-state index contributed by atoms with van der Waals surface area (Å²) in [6.07, 6.45) is 3.82. The van der Waals surface area contributed by atoms with E-state index in [-0.39, 0.29) is 0 Å². The zero-order valence-electron chi connectivity index (χ0n) is 10.2. The second kappa shape index (κ2) is 5.35. The Kier molecular flexibility index (Phi) is 3.83. The molecule has 2 N–H and O–H groups in total. The third-order valence-electron chi connectivity index (χ3n) is 3.29. The molecular formula is C14H22N2. The first kappa shape index (κ1) is 11.5. The molecule has 1 fully saturated rings. The van der Waals surface area contributed by atoms with Crippen LogP contribution in [0.25, 0.3) is 0 Å². The van der Waals surface area contributed by atoms with Crippen molar-refractivity contribution in [1.82, 2.24) is 0 Å². The molecule has 0 heterocycles. The molecule has 88 valence electrons. The van der Waals surface area contributed by atoms with Crippen LogP contribution < -0.4 is 10.6 Å². The van der Waals surface area contributed by atoms with Crippen LogP contribution in [-0.2, 0) is 6.42 Å².